The molecule has 0 unspecified atom stereocenters. The minimum atomic E-state index is -0.833. The molecule has 1 aromatic carbocycles. The Balaban J connectivity index is 2.95. The zero-order valence-corrected chi connectivity index (χ0v) is 12.0. The monoisotopic (exact) mass is 286 g/mol. The summed E-state index contributed by atoms with van der Waals surface area (Å²) < 4.78 is 11.1. The van der Waals surface area contributed by atoms with Gasteiger partial charge in [-0.15, -0.1) is 0 Å². The van der Waals surface area contributed by atoms with Crippen LogP contribution in [0.1, 0.15) is 32.3 Å². The van der Waals surface area contributed by atoms with Crippen LogP contribution in [0.15, 0.2) is 12.1 Å². The van der Waals surface area contributed by atoms with Crippen molar-refractivity contribution in [3.8, 4) is 11.5 Å². The van der Waals surface area contributed by atoms with E-state index in [1.165, 1.54) is 0 Å². The van der Waals surface area contributed by atoms with Crippen LogP contribution in [-0.2, 0) is 11.2 Å². The van der Waals surface area contributed by atoms with Crippen LogP contribution in [0.25, 0.3) is 0 Å². The molecule has 106 valence electrons. The van der Waals surface area contributed by atoms with Crippen LogP contribution in [0.5, 0.6) is 11.5 Å². The van der Waals surface area contributed by atoms with E-state index < -0.39 is 5.97 Å². The van der Waals surface area contributed by atoms with E-state index in [2.05, 4.69) is 0 Å². The van der Waals surface area contributed by atoms with Crippen LogP contribution in [0.4, 0.5) is 0 Å². The van der Waals surface area contributed by atoms with Crippen molar-refractivity contribution in [1.82, 2.24) is 0 Å². The van der Waals surface area contributed by atoms with E-state index in [1.807, 2.05) is 13.8 Å². The molecule has 19 heavy (non-hydrogen) atoms. The van der Waals surface area contributed by atoms with Gasteiger partial charge >= 0.3 is 5.97 Å². The first-order chi connectivity index (χ1) is 9.08. The predicted octanol–water partition coefficient (Wildman–Crippen LogP) is 3.54. The molecule has 1 aromatic rings. The van der Waals surface area contributed by atoms with E-state index in [0.717, 1.165) is 12.0 Å². The Morgan fingerprint density at radius 3 is 2.63 bits per heavy atom. The number of rotatable bonds is 8. The summed E-state index contributed by atoms with van der Waals surface area (Å²) >= 11 is 6.17. The smallest absolute Gasteiger partial charge is 0.303 e. The van der Waals surface area contributed by atoms with Crippen molar-refractivity contribution >= 4 is 17.6 Å². The van der Waals surface area contributed by atoms with Gasteiger partial charge in [-0.2, -0.15) is 0 Å². The maximum Gasteiger partial charge on any atom is 0.303 e. The van der Waals surface area contributed by atoms with Crippen molar-refractivity contribution in [2.45, 2.75) is 33.1 Å². The van der Waals surface area contributed by atoms with Gasteiger partial charge in [0.2, 0.25) is 0 Å². The number of carboxylic acids is 1. The van der Waals surface area contributed by atoms with Crippen molar-refractivity contribution in [1.29, 1.82) is 0 Å². The molecular formula is C14H19ClO4. The van der Waals surface area contributed by atoms with Crippen molar-refractivity contribution in [3.63, 3.8) is 0 Å². The van der Waals surface area contributed by atoms with Gasteiger partial charge in [-0.25, -0.2) is 0 Å². The summed E-state index contributed by atoms with van der Waals surface area (Å²) in [6, 6.07) is 3.53. The topological polar surface area (TPSA) is 55.8 Å². The highest BCUT2D eigenvalue weighted by molar-refractivity contribution is 6.32. The normalized spacial score (nSPS) is 10.3. The van der Waals surface area contributed by atoms with E-state index in [4.69, 9.17) is 26.2 Å². The Kier molecular flexibility index (Phi) is 6.50. The minimum absolute atomic E-state index is 0.0665. The van der Waals surface area contributed by atoms with Crippen molar-refractivity contribution in [2.24, 2.45) is 0 Å². The number of hydrogen-bond acceptors (Lipinski definition) is 3. The highest BCUT2D eigenvalue weighted by Gasteiger charge is 2.13. The van der Waals surface area contributed by atoms with Crippen LogP contribution in [0, 0.1) is 0 Å². The summed E-state index contributed by atoms with van der Waals surface area (Å²) in [5.41, 5.74) is 0.833. The third-order valence-corrected chi connectivity index (χ3v) is 2.73. The second-order valence-corrected chi connectivity index (χ2v) is 4.49. The Morgan fingerprint density at radius 2 is 2.05 bits per heavy atom. The van der Waals surface area contributed by atoms with E-state index >= 15 is 0 Å². The van der Waals surface area contributed by atoms with E-state index in [-0.39, 0.29) is 6.42 Å². The van der Waals surface area contributed by atoms with Gasteiger partial charge in [0.15, 0.2) is 11.5 Å². The Labute approximate surface area is 118 Å². The Hall–Kier alpha value is -1.42. The summed E-state index contributed by atoms with van der Waals surface area (Å²) in [7, 11) is 0. The van der Waals surface area contributed by atoms with Gasteiger partial charge in [-0.1, -0.05) is 18.5 Å². The van der Waals surface area contributed by atoms with Gasteiger partial charge in [-0.05, 0) is 37.5 Å². The molecule has 0 amide bonds. The molecule has 0 fully saturated rings. The van der Waals surface area contributed by atoms with E-state index in [0.29, 0.717) is 36.2 Å². The fourth-order valence-corrected chi connectivity index (χ4v) is 1.91. The largest absolute Gasteiger partial charge is 0.490 e. The first-order valence-electron chi connectivity index (χ1n) is 6.38. The average molecular weight is 287 g/mol. The molecule has 0 aliphatic heterocycles. The lowest BCUT2D eigenvalue weighted by atomic mass is 10.1. The molecule has 0 aromatic heterocycles. The number of carboxylic acid groups (broad SMARTS) is 1. The fraction of sp³-hybridized carbons (Fsp3) is 0.500. The number of aliphatic carboxylic acids is 1. The van der Waals surface area contributed by atoms with Crippen LogP contribution in [-0.4, -0.2) is 24.3 Å². The molecule has 0 spiro atoms. The van der Waals surface area contributed by atoms with Crippen molar-refractivity contribution in [3.05, 3.63) is 22.7 Å². The quantitative estimate of drug-likeness (QED) is 0.794. The zero-order valence-electron chi connectivity index (χ0n) is 11.2. The number of ether oxygens (including phenoxy) is 2. The SMILES string of the molecule is CCCOc1c(Cl)cc(CCC(=O)O)cc1OCC. The van der Waals surface area contributed by atoms with Gasteiger partial charge in [0.1, 0.15) is 0 Å². The van der Waals surface area contributed by atoms with E-state index in [9.17, 15) is 4.79 Å². The second kappa shape index (κ2) is 7.89. The van der Waals surface area contributed by atoms with Crippen LogP contribution >= 0.6 is 11.6 Å². The maximum atomic E-state index is 10.6. The van der Waals surface area contributed by atoms with Gasteiger partial charge in [0.25, 0.3) is 0 Å². The van der Waals surface area contributed by atoms with Crippen LogP contribution < -0.4 is 9.47 Å². The predicted molar refractivity (Wildman–Crippen MR) is 74.4 cm³/mol. The summed E-state index contributed by atoms with van der Waals surface area (Å²) in [4.78, 5) is 10.6. The standard InChI is InChI=1S/C14H19ClO4/c1-3-7-19-14-11(15)8-10(5-6-13(16)17)9-12(14)18-4-2/h8-9H,3-7H2,1-2H3,(H,16,17). The molecule has 0 atom stereocenters. The molecule has 0 radical (unpaired) electrons. The Morgan fingerprint density at radius 1 is 1.32 bits per heavy atom. The van der Waals surface area contributed by atoms with Crippen LogP contribution in [0.2, 0.25) is 5.02 Å². The lowest BCUT2D eigenvalue weighted by Crippen LogP contribution is -2.03. The summed E-state index contributed by atoms with van der Waals surface area (Å²) in [6.07, 6.45) is 1.36. The molecular weight excluding hydrogens is 268 g/mol. The molecule has 0 aliphatic rings. The highest BCUT2D eigenvalue weighted by atomic mass is 35.5. The van der Waals surface area contributed by atoms with Crippen LogP contribution in [0.3, 0.4) is 0 Å². The van der Waals surface area contributed by atoms with Gasteiger partial charge < -0.3 is 14.6 Å². The molecule has 0 bridgehead atoms. The number of hydrogen-bond donors (Lipinski definition) is 1. The summed E-state index contributed by atoms with van der Waals surface area (Å²) in [6.45, 7) is 4.95. The molecule has 0 heterocycles. The van der Waals surface area contributed by atoms with Gasteiger partial charge in [0.05, 0.1) is 18.2 Å². The molecule has 0 aliphatic carbocycles. The molecule has 1 N–H and O–H groups in total. The molecule has 0 saturated carbocycles. The van der Waals surface area contributed by atoms with Crippen molar-refractivity contribution in [2.75, 3.05) is 13.2 Å². The molecule has 1 rings (SSSR count). The van der Waals surface area contributed by atoms with E-state index in [1.54, 1.807) is 12.1 Å². The third-order valence-electron chi connectivity index (χ3n) is 2.45. The molecule has 5 heteroatoms. The fourth-order valence-electron chi connectivity index (χ4n) is 1.62. The lowest BCUT2D eigenvalue weighted by Gasteiger charge is -2.14. The first kappa shape index (κ1) is 15.6. The summed E-state index contributed by atoms with van der Waals surface area (Å²) in [5, 5.41) is 9.16. The Bertz CT molecular complexity index is 432. The maximum absolute atomic E-state index is 10.6. The molecule has 4 nitrogen and oxygen atoms in total. The number of halogens is 1. The van der Waals surface area contributed by atoms with Gasteiger partial charge in [-0.3, -0.25) is 4.79 Å². The first-order valence-corrected chi connectivity index (χ1v) is 6.76. The number of carbonyl (C=O) groups is 1. The second-order valence-electron chi connectivity index (χ2n) is 4.08. The third kappa shape index (κ3) is 4.99. The zero-order chi connectivity index (χ0) is 14.3. The average Bonchev–Trinajstić information content (AvgIpc) is 2.36. The summed E-state index contributed by atoms with van der Waals surface area (Å²) in [5.74, 6) is 0.272. The number of benzene rings is 1. The lowest BCUT2D eigenvalue weighted by molar-refractivity contribution is -0.136. The highest BCUT2D eigenvalue weighted by Crippen LogP contribution is 2.37. The molecule has 0 saturated heterocycles. The minimum Gasteiger partial charge on any atom is -0.490 e. The number of aryl methyl sites for hydroxylation is 1. The van der Waals surface area contributed by atoms with Gasteiger partial charge in [0, 0.05) is 6.42 Å². The van der Waals surface area contributed by atoms with Crippen molar-refractivity contribution < 1.29 is 19.4 Å².